The average molecular weight is 376 g/mol. The molecule has 1 aromatic carbocycles. The molecule has 0 radical (unpaired) electrons. The van der Waals surface area contributed by atoms with Gasteiger partial charge in [-0.25, -0.2) is 9.67 Å². The summed E-state index contributed by atoms with van der Waals surface area (Å²) in [5, 5.41) is 6.79. The monoisotopic (exact) mass is 376 g/mol. The van der Waals surface area contributed by atoms with Gasteiger partial charge >= 0.3 is 6.18 Å². The molecule has 0 unspecified atom stereocenters. The number of aromatic nitrogens is 3. The Morgan fingerprint density at radius 1 is 1.15 bits per heavy atom. The van der Waals surface area contributed by atoms with Gasteiger partial charge in [0.25, 0.3) is 0 Å². The predicted molar refractivity (Wildman–Crippen MR) is 95.0 cm³/mol. The molecule has 27 heavy (non-hydrogen) atoms. The van der Waals surface area contributed by atoms with Gasteiger partial charge in [-0.05, 0) is 32.4 Å². The molecule has 0 saturated carbocycles. The molecule has 8 heteroatoms. The molecule has 0 aliphatic carbocycles. The number of rotatable bonds is 4. The fourth-order valence-corrected chi connectivity index (χ4v) is 2.91. The molecule has 142 valence electrons. The third-order valence-corrected chi connectivity index (χ3v) is 4.21. The molecule has 2 aromatic heterocycles. The van der Waals surface area contributed by atoms with E-state index in [0.717, 1.165) is 17.2 Å². The maximum absolute atomic E-state index is 13.3. The van der Waals surface area contributed by atoms with E-state index in [1.165, 1.54) is 18.5 Å². The first kappa shape index (κ1) is 18.9. The second-order valence-electron chi connectivity index (χ2n) is 6.51. The number of halogens is 3. The van der Waals surface area contributed by atoms with Crippen LogP contribution in [0.15, 0.2) is 30.3 Å². The molecule has 0 atom stereocenters. The van der Waals surface area contributed by atoms with Gasteiger partial charge in [0, 0.05) is 12.2 Å². The third-order valence-electron chi connectivity index (χ3n) is 4.21. The molecule has 3 rings (SSSR count). The highest BCUT2D eigenvalue weighted by molar-refractivity contribution is 5.85. The number of alkyl halides is 3. The summed E-state index contributed by atoms with van der Waals surface area (Å²) in [6, 6.07) is 8.69. The number of pyridine rings is 1. The van der Waals surface area contributed by atoms with Gasteiger partial charge in [0.2, 0.25) is 5.91 Å². The lowest BCUT2D eigenvalue weighted by Gasteiger charge is -2.10. The summed E-state index contributed by atoms with van der Waals surface area (Å²) in [6.07, 6.45) is -4.52. The summed E-state index contributed by atoms with van der Waals surface area (Å²) in [7, 11) is 0. The summed E-state index contributed by atoms with van der Waals surface area (Å²) < 4.78 is 41.2. The lowest BCUT2D eigenvalue weighted by molar-refractivity contribution is -0.136. The molecule has 0 fully saturated rings. The van der Waals surface area contributed by atoms with Crippen molar-refractivity contribution in [1.29, 1.82) is 0 Å². The van der Waals surface area contributed by atoms with Gasteiger partial charge in [0.05, 0.1) is 16.6 Å². The third kappa shape index (κ3) is 4.10. The van der Waals surface area contributed by atoms with Gasteiger partial charge < -0.3 is 5.32 Å². The topological polar surface area (TPSA) is 59.8 Å². The summed E-state index contributed by atoms with van der Waals surface area (Å²) in [4.78, 5) is 16.4. The number of carbonyl (C=O) groups is 1. The second-order valence-corrected chi connectivity index (χ2v) is 6.51. The molecule has 5 nitrogen and oxygen atoms in total. The normalized spacial score (nSPS) is 11.8. The van der Waals surface area contributed by atoms with Crippen molar-refractivity contribution in [3.63, 3.8) is 0 Å². The van der Waals surface area contributed by atoms with E-state index in [1.807, 2.05) is 31.2 Å². The highest BCUT2D eigenvalue weighted by Crippen LogP contribution is 2.36. The Kier molecular flexibility index (Phi) is 4.91. The van der Waals surface area contributed by atoms with E-state index in [1.54, 1.807) is 0 Å². The minimum Gasteiger partial charge on any atom is -0.350 e. The van der Waals surface area contributed by atoms with Crippen LogP contribution in [0.4, 0.5) is 13.2 Å². The first-order valence-electron chi connectivity index (χ1n) is 8.39. The van der Waals surface area contributed by atoms with Crippen molar-refractivity contribution >= 4 is 16.9 Å². The number of nitrogens with zero attached hydrogens (tertiary/aromatic N) is 3. The highest BCUT2D eigenvalue weighted by atomic mass is 19.4. The highest BCUT2D eigenvalue weighted by Gasteiger charge is 2.35. The first-order valence-corrected chi connectivity index (χ1v) is 8.39. The van der Waals surface area contributed by atoms with Crippen LogP contribution in [-0.2, 0) is 24.1 Å². The van der Waals surface area contributed by atoms with Gasteiger partial charge in [-0.1, -0.05) is 29.8 Å². The zero-order valence-electron chi connectivity index (χ0n) is 15.2. The van der Waals surface area contributed by atoms with Crippen molar-refractivity contribution in [3.05, 3.63) is 58.4 Å². The number of hydrogen-bond acceptors (Lipinski definition) is 3. The van der Waals surface area contributed by atoms with Crippen LogP contribution in [0, 0.1) is 20.8 Å². The SMILES string of the molecule is Cc1ccc(CNC(=O)Cn2nc(C)c3c(C(F)(F)F)cc(C)nc32)cc1. The van der Waals surface area contributed by atoms with Crippen LogP contribution in [0.5, 0.6) is 0 Å². The minimum atomic E-state index is -4.52. The fourth-order valence-electron chi connectivity index (χ4n) is 2.91. The van der Waals surface area contributed by atoms with Gasteiger partial charge in [0.15, 0.2) is 5.65 Å². The van der Waals surface area contributed by atoms with Crippen molar-refractivity contribution in [1.82, 2.24) is 20.1 Å². The lowest BCUT2D eigenvalue weighted by Crippen LogP contribution is -2.27. The first-order chi connectivity index (χ1) is 12.6. The largest absolute Gasteiger partial charge is 0.417 e. The number of amides is 1. The number of aryl methyl sites for hydroxylation is 3. The Morgan fingerprint density at radius 3 is 2.44 bits per heavy atom. The van der Waals surface area contributed by atoms with Crippen molar-refractivity contribution in [2.24, 2.45) is 0 Å². The van der Waals surface area contributed by atoms with E-state index in [0.29, 0.717) is 6.54 Å². The van der Waals surface area contributed by atoms with E-state index in [9.17, 15) is 18.0 Å². The molecule has 2 heterocycles. The summed E-state index contributed by atoms with van der Waals surface area (Å²) in [5.74, 6) is -0.350. The standard InChI is InChI=1S/C19H19F3N4O/c1-11-4-6-14(7-5-11)9-23-16(27)10-26-18-17(13(3)25-26)15(19(20,21)22)8-12(2)24-18/h4-8H,9-10H2,1-3H3,(H,23,27). The Balaban J connectivity index is 1.83. The van der Waals surface area contributed by atoms with E-state index in [4.69, 9.17) is 0 Å². The van der Waals surface area contributed by atoms with Crippen LogP contribution in [0.2, 0.25) is 0 Å². The Hall–Kier alpha value is -2.90. The van der Waals surface area contributed by atoms with Crippen LogP contribution in [0.25, 0.3) is 11.0 Å². The number of hydrogen-bond donors (Lipinski definition) is 1. The summed E-state index contributed by atoms with van der Waals surface area (Å²) in [5.41, 5.74) is 1.74. The molecular weight excluding hydrogens is 357 g/mol. The van der Waals surface area contributed by atoms with E-state index in [-0.39, 0.29) is 34.9 Å². The van der Waals surface area contributed by atoms with Gasteiger partial charge in [-0.3, -0.25) is 4.79 Å². The van der Waals surface area contributed by atoms with Crippen LogP contribution >= 0.6 is 0 Å². The Labute approximate surface area is 154 Å². The Morgan fingerprint density at radius 2 is 1.81 bits per heavy atom. The van der Waals surface area contributed by atoms with E-state index >= 15 is 0 Å². The average Bonchev–Trinajstić information content (AvgIpc) is 2.88. The maximum atomic E-state index is 13.3. The molecule has 3 aromatic rings. The maximum Gasteiger partial charge on any atom is 0.417 e. The number of carbonyl (C=O) groups excluding carboxylic acids is 1. The van der Waals surface area contributed by atoms with Gasteiger partial charge in [-0.2, -0.15) is 18.3 Å². The van der Waals surface area contributed by atoms with Crippen molar-refractivity contribution < 1.29 is 18.0 Å². The predicted octanol–water partition coefficient (Wildman–Crippen LogP) is 3.69. The molecule has 0 aliphatic heterocycles. The van der Waals surface area contributed by atoms with Crippen molar-refractivity contribution in [3.8, 4) is 0 Å². The summed E-state index contributed by atoms with van der Waals surface area (Å²) >= 11 is 0. The Bertz CT molecular complexity index is 991. The van der Waals surface area contributed by atoms with Crippen molar-refractivity contribution in [2.45, 2.75) is 40.0 Å². The quantitative estimate of drug-likeness (QED) is 0.756. The number of fused-ring (bicyclic) bond motifs is 1. The number of nitrogens with one attached hydrogen (secondary N) is 1. The molecule has 0 aliphatic rings. The molecule has 1 amide bonds. The molecule has 1 N–H and O–H groups in total. The zero-order chi connectivity index (χ0) is 19.8. The van der Waals surface area contributed by atoms with Crippen molar-refractivity contribution in [2.75, 3.05) is 0 Å². The molecular formula is C19H19F3N4O. The van der Waals surface area contributed by atoms with Crippen LogP contribution in [-0.4, -0.2) is 20.7 Å². The summed E-state index contributed by atoms with van der Waals surface area (Å²) in [6.45, 7) is 5.06. The van der Waals surface area contributed by atoms with Crippen LogP contribution in [0.1, 0.15) is 28.1 Å². The zero-order valence-corrected chi connectivity index (χ0v) is 15.2. The fraction of sp³-hybridized carbons (Fsp3) is 0.316. The van der Waals surface area contributed by atoms with Crippen LogP contribution in [0.3, 0.4) is 0 Å². The van der Waals surface area contributed by atoms with Crippen LogP contribution < -0.4 is 5.32 Å². The number of benzene rings is 1. The van der Waals surface area contributed by atoms with E-state index < -0.39 is 11.7 Å². The van der Waals surface area contributed by atoms with Gasteiger partial charge in [0.1, 0.15) is 6.54 Å². The lowest BCUT2D eigenvalue weighted by atomic mass is 10.1. The molecule has 0 spiro atoms. The smallest absolute Gasteiger partial charge is 0.350 e. The minimum absolute atomic E-state index is 0.0605. The molecule has 0 bridgehead atoms. The van der Waals surface area contributed by atoms with Gasteiger partial charge in [-0.15, -0.1) is 0 Å². The molecule has 0 saturated heterocycles. The second kappa shape index (κ2) is 7.02. The van der Waals surface area contributed by atoms with E-state index in [2.05, 4.69) is 15.4 Å².